The highest BCUT2D eigenvalue weighted by molar-refractivity contribution is 5.70. The first-order valence-corrected chi connectivity index (χ1v) is 7.73. The number of nitrogens with one attached hydrogen (secondary N) is 1. The Morgan fingerprint density at radius 1 is 1.09 bits per heavy atom. The summed E-state index contributed by atoms with van der Waals surface area (Å²) in [6.07, 6.45) is 1.86. The summed E-state index contributed by atoms with van der Waals surface area (Å²) in [4.78, 5) is 11.0. The molecule has 1 heterocycles. The molecule has 0 radical (unpaired) electrons. The zero-order valence-electron chi connectivity index (χ0n) is 12.5. The summed E-state index contributed by atoms with van der Waals surface area (Å²) in [5, 5.41) is 11.7. The number of ether oxygens (including phenoxy) is 2. The van der Waals surface area contributed by atoms with Crippen molar-refractivity contribution in [3.63, 3.8) is 0 Å². The van der Waals surface area contributed by atoms with E-state index in [4.69, 9.17) is 14.6 Å². The van der Waals surface area contributed by atoms with Crippen LogP contribution in [0.15, 0.2) is 36.4 Å². The van der Waals surface area contributed by atoms with Crippen LogP contribution in [0.1, 0.15) is 30.0 Å². The van der Waals surface area contributed by atoms with Crippen LogP contribution in [0.3, 0.4) is 0 Å². The van der Waals surface area contributed by atoms with Crippen LogP contribution in [-0.4, -0.2) is 18.0 Å². The number of benzene rings is 2. The lowest BCUT2D eigenvalue weighted by Gasteiger charge is -2.26. The summed E-state index contributed by atoms with van der Waals surface area (Å²) >= 11 is 0. The maximum atomic E-state index is 11.0. The highest BCUT2D eigenvalue weighted by Gasteiger charge is 2.22. The molecule has 0 saturated carbocycles. The number of aryl methyl sites for hydroxylation is 1. The van der Waals surface area contributed by atoms with Gasteiger partial charge >= 0.3 is 6.09 Å². The van der Waals surface area contributed by atoms with Crippen LogP contribution < -0.4 is 14.8 Å². The van der Waals surface area contributed by atoms with Gasteiger partial charge in [0.25, 0.3) is 0 Å². The molecular weight excluding hydrogens is 294 g/mol. The van der Waals surface area contributed by atoms with E-state index in [1.807, 2.05) is 18.2 Å². The predicted molar refractivity (Wildman–Crippen MR) is 84.8 cm³/mol. The van der Waals surface area contributed by atoms with Crippen molar-refractivity contribution in [1.29, 1.82) is 0 Å². The van der Waals surface area contributed by atoms with E-state index in [2.05, 4.69) is 23.5 Å². The van der Waals surface area contributed by atoms with Crippen molar-refractivity contribution in [3.8, 4) is 22.6 Å². The fourth-order valence-corrected chi connectivity index (χ4v) is 3.35. The van der Waals surface area contributed by atoms with Gasteiger partial charge in [-0.2, -0.15) is 0 Å². The van der Waals surface area contributed by atoms with E-state index in [0.717, 1.165) is 47.5 Å². The van der Waals surface area contributed by atoms with Crippen molar-refractivity contribution in [3.05, 3.63) is 47.5 Å². The Balaban J connectivity index is 1.72. The third-order valence-corrected chi connectivity index (χ3v) is 4.46. The van der Waals surface area contributed by atoms with E-state index in [1.165, 1.54) is 5.56 Å². The molecule has 0 fully saturated rings. The van der Waals surface area contributed by atoms with Gasteiger partial charge in [-0.3, -0.25) is 0 Å². The largest absolute Gasteiger partial charge is 0.465 e. The van der Waals surface area contributed by atoms with Gasteiger partial charge in [0.2, 0.25) is 6.79 Å². The molecule has 0 aromatic heterocycles. The van der Waals surface area contributed by atoms with E-state index in [-0.39, 0.29) is 12.8 Å². The number of hydrogen-bond acceptors (Lipinski definition) is 3. The quantitative estimate of drug-likeness (QED) is 0.887. The maximum absolute atomic E-state index is 11.0. The van der Waals surface area contributed by atoms with Crippen molar-refractivity contribution in [2.75, 3.05) is 6.79 Å². The molecule has 0 spiro atoms. The molecule has 1 amide bonds. The molecule has 1 atom stereocenters. The highest BCUT2D eigenvalue weighted by Crippen LogP contribution is 2.38. The fraction of sp³-hybridized carbons (Fsp3) is 0.278. The Bertz CT molecular complexity index is 772. The molecule has 2 aliphatic rings. The summed E-state index contributed by atoms with van der Waals surface area (Å²) < 4.78 is 10.8. The summed E-state index contributed by atoms with van der Waals surface area (Å²) in [5.41, 5.74) is 4.39. The van der Waals surface area contributed by atoms with E-state index < -0.39 is 6.09 Å². The van der Waals surface area contributed by atoms with E-state index in [9.17, 15) is 4.79 Å². The second-order valence-electron chi connectivity index (χ2n) is 5.88. The lowest BCUT2D eigenvalue weighted by molar-refractivity contribution is 0.174. The van der Waals surface area contributed by atoms with Gasteiger partial charge in [-0.1, -0.05) is 18.2 Å². The van der Waals surface area contributed by atoms with Gasteiger partial charge in [-0.25, -0.2) is 4.79 Å². The van der Waals surface area contributed by atoms with Crippen LogP contribution in [0.5, 0.6) is 11.5 Å². The molecule has 0 bridgehead atoms. The molecule has 23 heavy (non-hydrogen) atoms. The standard InChI is InChI=1S/C18H17NO4/c20-18(21)19-15-3-1-2-11-4-5-12(8-14(11)15)13-6-7-16-17(9-13)23-10-22-16/h4-9,15,19H,1-3,10H2,(H,20,21). The average molecular weight is 311 g/mol. The Morgan fingerprint density at radius 2 is 1.87 bits per heavy atom. The summed E-state index contributed by atoms with van der Waals surface area (Å²) in [5.74, 6) is 1.51. The third kappa shape index (κ3) is 2.59. The Morgan fingerprint density at radius 3 is 2.74 bits per heavy atom. The van der Waals surface area contributed by atoms with Crippen molar-refractivity contribution in [2.24, 2.45) is 0 Å². The molecular formula is C18H17NO4. The van der Waals surface area contributed by atoms with Gasteiger partial charge in [0, 0.05) is 0 Å². The SMILES string of the molecule is O=C(O)NC1CCCc2ccc(-c3ccc4c(c3)OCO4)cc21. The second kappa shape index (κ2) is 5.50. The summed E-state index contributed by atoms with van der Waals surface area (Å²) in [6.45, 7) is 0.258. The maximum Gasteiger partial charge on any atom is 0.405 e. The highest BCUT2D eigenvalue weighted by atomic mass is 16.7. The normalized spacial score (nSPS) is 18.3. The minimum absolute atomic E-state index is 0.134. The number of hydrogen-bond donors (Lipinski definition) is 2. The number of carbonyl (C=O) groups is 1. The Labute approximate surface area is 133 Å². The fourth-order valence-electron chi connectivity index (χ4n) is 3.35. The van der Waals surface area contributed by atoms with Gasteiger partial charge < -0.3 is 19.9 Å². The average Bonchev–Trinajstić information content (AvgIpc) is 3.02. The van der Waals surface area contributed by atoms with Crippen LogP contribution >= 0.6 is 0 Å². The summed E-state index contributed by atoms with van der Waals surface area (Å²) in [7, 11) is 0. The van der Waals surface area contributed by atoms with E-state index >= 15 is 0 Å². The minimum Gasteiger partial charge on any atom is -0.465 e. The molecule has 1 aliphatic heterocycles. The van der Waals surface area contributed by atoms with Crippen molar-refractivity contribution in [2.45, 2.75) is 25.3 Å². The smallest absolute Gasteiger partial charge is 0.405 e. The molecule has 2 N–H and O–H groups in total. The topological polar surface area (TPSA) is 67.8 Å². The van der Waals surface area contributed by atoms with Crippen LogP contribution in [-0.2, 0) is 6.42 Å². The molecule has 5 nitrogen and oxygen atoms in total. The van der Waals surface area contributed by atoms with Crippen LogP contribution in [0.4, 0.5) is 4.79 Å². The number of rotatable bonds is 2. The van der Waals surface area contributed by atoms with E-state index in [1.54, 1.807) is 0 Å². The lowest BCUT2D eigenvalue weighted by Crippen LogP contribution is -2.29. The molecule has 2 aromatic rings. The predicted octanol–water partition coefficient (Wildman–Crippen LogP) is 3.73. The summed E-state index contributed by atoms with van der Waals surface area (Å²) in [6, 6.07) is 12.0. The molecule has 118 valence electrons. The van der Waals surface area contributed by atoms with Gasteiger partial charge in [0.05, 0.1) is 6.04 Å². The van der Waals surface area contributed by atoms with Gasteiger partial charge in [0.15, 0.2) is 11.5 Å². The zero-order valence-corrected chi connectivity index (χ0v) is 12.5. The van der Waals surface area contributed by atoms with Crippen LogP contribution in [0.25, 0.3) is 11.1 Å². The Kier molecular flexibility index (Phi) is 3.33. The van der Waals surface area contributed by atoms with Crippen LogP contribution in [0.2, 0.25) is 0 Å². The zero-order chi connectivity index (χ0) is 15.8. The molecule has 2 aromatic carbocycles. The number of fused-ring (bicyclic) bond motifs is 2. The minimum atomic E-state index is -0.976. The first kappa shape index (κ1) is 13.9. The Hall–Kier alpha value is -2.69. The molecule has 5 heteroatoms. The second-order valence-corrected chi connectivity index (χ2v) is 5.88. The third-order valence-electron chi connectivity index (χ3n) is 4.46. The lowest BCUT2D eigenvalue weighted by atomic mass is 9.85. The van der Waals surface area contributed by atoms with Gasteiger partial charge in [-0.15, -0.1) is 0 Å². The molecule has 4 rings (SSSR count). The van der Waals surface area contributed by atoms with Gasteiger partial charge in [-0.05, 0) is 59.7 Å². The van der Waals surface area contributed by atoms with Gasteiger partial charge in [0.1, 0.15) is 0 Å². The number of amides is 1. The molecule has 1 aliphatic carbocycles. The monoisotopic (exact) mass is 311 g/mol. The molecule has 0 saturated heterocycles. The van der Waals surface area contributed by atoms with Crippen molar-refractivity contribution < 1.29 is 19.4 Å². The van der Waals surface area contributed by atoms with Crippen molar-refractivity contribution >= 4 is 6.09 Å². The van der Waals surface area contributed by atoms with E-state index in [0.29, 0.717) is 0 Å². The van der Waals surface area contributed by atoms with Crippen LogP contribution in [0, 0.1) is 0 Å². The first-order valence-electron chi connectivity index (χ1n) is 7.73. The molecule has 1 unspecified atom stereocenters. The first-order chi connectivity index (χ1) is 11.2. The van der Waals surface area contributed by atoms with Crippen molar-refractivity contribution in [1.82, 2.24) is 5.32 Å². The number of carboxylic acid groups (broad SMARTS) is 1.